The van der Waals surface area contributed by atoms with Gasteiger partial charge in [0, 0.05) is 52.8 Å². The van der Waals surface area contributed by atoms with Gasteiger partial charge in [-0.2, -0.15) is 0 Å². The van der Waals surface area contributed by atoms with Crippen molar-refractivity contribution in [2.75, 3.05) is 43.5 Å². The van der Waals surface area contributed by atoms with Gasteiger partial charge in [-0.15, -0.1) is 11.3 Å². The second-order valence-corrected chi connectivity index (χ2v) is 11.5. The molecule has 0 saturated carbocycles. The number of nitrogens with zero attached hydrogens (tertiary/aromatic N) is 4. The first-order valence-electron chi connectivity index (χ1n) is 12.5. The van der Waals surface area contributed by atoms with Crippen LogP contribution in [-0.4, -0.2) is 54.1 Å². The van der Waals surface area contributed by atoms with Crippen LogP contribution in [0.5, 0.6) is 5.75 Å². The van der Waals surface area contributed by atoms with Crippen LogP contribution in [0.4, 0.5) is 17.2 Å². The Hall–Kier alpha value is -3.17. The Balaban J connectivity index is 1.14. The number of rotatable bonds is 5. The minimum absolute atomic E-state index is 0.0301. The monoisotopic (exact) mass is 577 g/mol. The van der Waals surface area contributed by atoms with Crippen molar-refractivity contribution in [1.29, 1.82) is 0 Å². The quantitative estimate of drug-likeness (QED) is 0.330. The number of fused-ring (bicyclic) bond motifs is 3. The van der Waals surface area contributed by atoms with E-state index in [1.165, 1.54) is 16.1 Å². The standard InChI is InChI=1S/C28H28BrN5O2S/c1-36-22-8-6-21(7-9-22)33-11-13-34(14-12-33)28(35)18-5-10-23-24(15-18)37-27-25(23)26(30-17-31-27)32-20-4-2-3-19(29)16-20/h2-4,6-9,16-18H,5,10-15H2,1H3,(H,30,31,32). The lowest BCUT2D eigenvalue weighted by Crippen LogP contribution is -2.51. The maximum atomic E-state index is 13.5. The largest absolute Gasteiger partial charge is 0.497 e. The Bertz CT molecular complexity index is 1430. The molecule has 1 atom stereocenters. The molecule has 1 amide bonds. The van der Waals surface area contributed by atoms with Crippen molar-refractivity contribution < 1.29 is 9.53 Å². The topological polar surface area (TPSA) is 70.6 Å². The van der Waals surface area contributed by atoms with E-state index in [-0.39, 0.29) is 11.8 Å². The van der Waals surface area contributed by atoms with Crippen molar-refractivity contribution in [3.05, 3.63) is 69.8 Å². The molecule has 3 heterocycles. The molecule has 0 spiro atoms. The number of anilines is 3. The lowest BCUT2D eigenvalue weighted by Gasteiger charge is -2.38. The van der Waals surface area contributed by atoms with E-state index in [0.717, 1.165) is 77.4 Å². The molecule has 37 heavy (non-hydrogen) atoms. The summed E-state index contributed by atoms with van der Waals surface area (Å²) in [5.74, 6) is 2.01. The number of ether oxygens (including phenoxy) is 1. The molecule has 2 aliphatic rings. The fraction of sp³-hybridized carbons (Fsp3) is 0.321. The second-order valence-electron chi connectivity index (χ2n) is 9.49. The molecule has 1 aliphatic heterocycles. The summed E-state index contributed by atoms with van der Waals surface area (Å²) in [7, 11) is 1.68. The van der Waals surface area contributed by atoms with Crippen molar-refractivity contribution in [2.24, 2.45) is 5.92 Å². The first-order chi connectivity index (χ1) is 18.1. The summed E-state index contributed by atoms with van der Waals surface area (Å²) in [6, 6.07) is 16.2. The zero-order valence-electron chi connectivity index (χ0n) is 20.6. The van der Waals surface area contributed by atoms with E-state index in [0.29, 0.717) is 0 Å². The van der Waals surface area contributed by atoms with Gasteiger partial charge >= 0.3 is 0 Å². The van der Waals surface area contributed by atoms with E-state index < -0.39 is 0 Å². The van der Waals surface area contributed by atoms with Gasteiger partial charge in [0.2, 0.25) is 5.91 Å². The number of methoxy groups -OCH3 is 1. The fourth-order valence-electron chi connectivity index (χ4n) is 5.36. The molecule has 2 aromatic heterocycles. The summed E-state index contributed by atoms with van der Waals surface area (Å²) in [6.45, 7) is 3.21. The highest BCUT2D eigenvalue weighted by Crippen LogP contribution is 2.41. The van der Waals surface area contributed by atoms with E-state index in [4.69, 9.17) is 4.74 Å². The molecule has 1 aliphatic carbocycles. The zero-order valence-corrected chi connectivity index (χ0v) is 23.0. The number of carbonyl (C=O) groups is 1. The Morgan fingerprint density at radius 2 is 1.92 bits per heavy atom. The average molecular weight is 579 g/mol. The van der Waals surface area contributed by atoms with Gasteiger partial charge in [-0.25, -0.2) is 9.97 Å². The van der Waals surface area contributed by atoms with Crippen LogP contribution in [0.25, 0.3) is 10.2 Å². The Morgan fingerprint density at radius 1 is 1.11 bits per heavy atom. The molecule has 6 rings (SSSR count). The molecule has 1 fully saturated rings. The minimum atomic E-state index is 0.0301. The third-order valence-electron chi connectivity index (χ3n) is 7.31. The van der Waals surface area contributed by atoms with Gasteiger partial charge in [0.15, 0.2) is 0 Å². The molecular weight excluding hydrogens is 550 g/mol. The number of thiophene rings is 1. The van der Waals surface area contributed by atoms with Crippen LogP contribution in [0, 0.1) is 5.92 Å². The van der Waals surface area contributed by atoms with Crippen molar-refractivity contribution >= 4 is 60.6 Å². The minimum Gasteiger partial charge on any atom is -0.497 e. The molecule has 1 saturated heterocycles. The SMILES string of the molecule is COc1ccc(N2CCN(C(=O)C3CCc4c(sc5ncnc(Nc6cccc(Br)c6)c45)C3)CC2)cc1. The summed E-state index contributed by atoms with van der Waals surface area (Å²) in [5.41, 5.74) is 3.45. The lowest BCUT2D eigenvalue weighted by atomic mass is 9.86. The maximum Gasteiger partial charge on any atom is 0.226 e. The molecule has 7 nitrogen and oxygen atoms in total. The number of aromatic nitrogens is 2. The van der Waals surface area contributed by atoms with Crippen LogP contribution in [-0.2, 0) is 17.6 Å². The smallest absolute Gasteiger partial charge is 0.226 e. The Kier molecular flexibility index (Phi) is 6.73. The normalized spacial score (nSPS) is 17.5. The predicted octanol–water partition coefficient (Wildman–Crippen LogP) is 5.66. The molecule has 0 bridgehead atoms. The highest BCUT2D eigenvalue weighted by molar-refractivity contribution is 9.10. The summed E-state index contributed by atoms with van der Waals surface area (Å²) in [4.78, 5) is 29.3. The van der Waals surface area contributed by atoms with Crippen LogP contribution in [0.1, 0.15) is 16.9 Å². The number of hydrogen-bond acceptors (Lipinski definition) is 7. The van der Waals surface area contributed by atoms with Gasteiger partial charge in [-0.05, 0) is 67.3 Å². The number of carbonyl (C=O) groups excluding carboxylic acids is 1. The zero-order chi connectivity index (χ0) is 25.4. The van der Waals surface area contributed by atoms with Gasteiger partial charge in [0.25, 0.3) is 0 Å². The third-order valence-corrected chi connectivity index (χ3v) is 8.97. The van der Waals surface area contributed by atoms with Gasteiger partial charge in [0.1, 0.15) is 22.7 Å². The number of halogens is 1. The first kappa shape index (κ1) is 24.2. The lowest BCUT2D eigenvalue weighted by molar-refractivity contribution is -0.136. The first-order valence-corrected chi connectivity index (χ1v) is 14.2. The van der Waals surface area contributed by atoms with Crippen molar-refractivity contribution in [3.63, 3.8) is 0 Å². The summed E-state index contributed by atoms with van der Waals surface area (Å²) in [5, 5.41) is 4.57. The molecule has 4 aromatic rings. The number of piperazine rings is 1. The summed E-state index contributed by atoms with van der Waals surface area (Å²) >= 11 is 5.24. The van der Waals surface area contributed by atoms with Crippen LogP contribution in [0.3, 0.4) is 0 Å². The average Bonchev–Trinajstić information content (AvgIpc) is 3.32. The molecular formula is C28H28BrN5O2S. The Morgan fingerprint density at radius 3 is 2.68 bits per heavy atom. The van der Waals surface area contributed by atoms with Gasteiger partial charge < -0.3 is 19.9 Å². The van der Waals surface area contributed by atoms with E-state index in [1.54, 1.807) is 24.8 Å². The highest BCUT2D eigenvalue weighted by atomic mass is 79.9. The molecule has 9 heteroatoms. The maximum absolute atomic E-state index is 13.5. The number of hydrogen-bond donors (Lipinski definition) is 1. The van der Waals surface area contributed by atoms with Crippen LogP contribution in [0.2, 0.25) is 0 Å². The third kappa shape index (κ3) is 4.90. The molecule has 2 aromatic carbocycles. The van der Waals surface area contributed by atoms with Crippen LogP contribution in [0.15, 0.2) is 59.3 Å². The van der Waals surface area contributed by atoms with Crippen molar-refractivity contribution in [2.45, 2.75) is 19.3 Å². The van der Waals surface area contributed by atoms with Crippen molar-refractivity contribution in [3.8, 4) is 5.75 Å². The van der Waals surface area contributed by atoms with Crippen LogP contribution < -0.4 is 15.0 Å². The Labute approximate surface area is 228 Å². The van der Waals surface area contributed by atoms with E-state index in [9.17, 15) is 4.79 Å². The van der Waals surface area contributed by atoms with E-state index >= 15 is 0 Å². The van der Waals surface area contributed by atoms with Crippen molar-refractivity contribution in [1.82, 2.24) is 14.9 Å². The molecule has 1 N–H and O–H groups in total. The number of nitrogens with one attached hydrogen (secondary N) is 1. The van der Waals surface area contributed by atoms with Crippen LogP contribution >= 0.6 is 27.3 Å². The van der Waals surface area contributed by atoms with Gasteiger partial charge in [0.05, 0.1) is 12.5 Å². The van der Waals surface area contributed by atoms with Gasteiger partial charge in [-0.1, -0.05) is 22.0 Å². The number of benzene rings is 2. The molecule has 0 radical (unpaired) electrons. The highest BCUT2D eigenvalue weighted by Gasteiger charge is 2.33. The number of amides is 1. The molecule has 1 unspecified atom stereocenters. The van der Waals surface area contributed by atoms with E-state index in [1.807, 2.05) is 36.4 Å². The summed E-state index contributed by atoms with van der Waals surface area (Å²) in [6.07, 6.45) is 4.14. The summed E-state index contributed by atoms with van der Waals surface area (Å²) < 4.78 is 6.29. The van der Waals surface area contributed by atoms with Gasteiger partial charge in [-0.3, -0.25) is 4.79 Å². The molecule has 190 valence electrons. The fourth-order valence-corrected chi connectivity index (χ4v) is 7.02. The number of aryl methyl sites for hydroxylation is 1. The van der Waals surface area contributed by atoms with E-state index in [2.05, 4.69) is 53.1 Å². The predicted molar refractivity (Wildman–Crippen MR) is 152 cm³/mol. The second kappa shape index (κ2) is 10.3.